The van der Waals surface area contributed by atoms with E-state index in [1.807, 2.05) is 0 Å². The van der Waals surface area contributed by atoms with Gasteiger partial charge in [-0.3, -0.25) is 4.79 Å². The van der Waals surface area contributed by atoms with Crippen LogP contribution in [0.5, 0.6) is 0 Å². The zero-order valence-electron chi connectivity index (χ0n) is 13.4. The topological polar surface area (TPSA) is 55.4 Å². The number of ether oxygens (including phenoxy) is 1. The molecule has 0 aliphatic heterocycles. The smallest absolute Gasteiger partial charge is 0.337 e. The molecule has 1 amide bonds. The van der Waals surface area contributed by atoms with Gasteiger partial charge in [0.05, 0.1) is 17.9 Å². The van der Waals surface area contributed by atoms with Crippen LogP contribution < -0.4 is 5.32 Å². The molecule has 0 aliphatic rings. The van der Waals surface area contributed by atoms with Crippen LogP contribution in [0.1, 0.15) is 22.8 Å². The largest absolute Gasteiger partial charge is 0.465 e. The number of carbonyl (C=O) groups excluding carboxylic acids is 2. The Balaban J connectivity index is 1.85. The molecule has 1 unspecified atom stereocenters. The highest BCUT2D eigenvalue weighted by Crippen LogP contribution is 2.23. The minimum Gasteiger partial charge on any atom is -0.465 e. The summed E-state index contributed by atoms with van der Waals surface area (Å²) in [5.74, 6) is -0.803. The average molecular weight is 347 g/mol. The molecule has 6 heteroatoms. The number of hydrogen-bond donors (Lipinski definition) is 1. The minimum absolute atomic E-state index is 0.110. The number of carbonyl (C=O) groups is 2. The van der Waals surface area contributed by atoms with Crippen molar-refractivity contribution in [2.75, 3.05) is 7.11 Å². The van der Waals surface area contributed by atoms with E-state index in [-0.39, 0.29) is 17.0 Å². The Labute approximate surface area is 144 Å². The van der Waals surface area contributed by atoms with Gasteiger partial charge in [0.1, 0.15) is 5.82 Å². The minimum atomic E-state index is -0.394. The third-order valence-corrected chi connectivity index (χ3v) is 4.45. The van der Waals surface area contributed by atoms with Crippen molar-refractivity contribution in [2.45, 2.75) is 23.6 Å². The van der Waals surface area contributed by atoms with Crippen molar-refractivity contribution >= 4 is 23.6 Å². The summed E-state index contributed by atoms with van der Waals surface area (Å²) in [7, 11) is 1.33. The lowest BCUT2D eigenvalue weighted by Crippen LogP contribution is -2.30. The molecule has 0 aliphatic carbocycles. The highest BCUT2D eigenvalue weighted by Gasteiger charge is 2.14. The molecule has 0 aromatic heterocycles. The Hall–Kier alpha value is -2.34. The first-order valence-electron chi connectivity index (χ1n) is 7.37. The lowest BCUT2D eigenvalue weighted by molar-refractivity contribution is -0.120. The Morgan fingerprint density at radius 3 is 2.33 bits per heavy atom. The monoisotopic (exact) mass is 347 g/mol. The van der Waals surface area contributed by atoms with Crippen molar-refractivity contribution in [3.8, 4) is 0 Å². The van der Waals surface area contributed by atoms with Crippen LogP contribution >= 0.6 is 11.8 Å². The predicted octanol–water partition coefficient (Wildman–Crippen LogP) is 3.41. The van der Waals surface area contributed by atoms with Crippen molar-refractivity contribution in [3.63, 3.8) is 0 Å². The van der Waals surface area contributed by atoms with Gasteiger partial charge in [-0.25, -0.2) is 9.18 Å². The second-order valence-corrected chi connectivity index (χ2v) is 6.53. The zero-order valence-corrected chi connectivity index (χ0v) is 14.2. The first kappa shape index (κ1) is 18.0. The fraction of sp³-hybridized carbons (Fsp3) is 0.222. The zero-order chi connectivity index (χ0) is 17.5. The van der Waals surface area contributed by atoms with Crippen LogP contribution in [0.4, 0.5) is 4.39 Å². The van der Waals surface area contributed by atoms with E-state index in [0.29, 0.717) is 12.1 Å². The molecule has 0 saturated carbocycles. The van der Waals surface area contributed by atoms with E-state index in [9.17, 15) is 14.0 Å². The summed E-state index contributed by atoms with van der Waals surface area (Å²) >= 11 is 1.36. The second-order valence-electron chi connectivity index (χ2n) is 5.12. The maximum absolute atomic E-state index is 12.9. The SMILES string of the molecule is COC(=O)c1ccc(CNC(=O)C(C)Sc2ccc(F)cc2)cc1. The van der Waals surface area contributed by atoms with Gasteiger partial charge in [0.2, 0.25) is 5.91 Å². The van der Waals surface area contributed by atoms with Gasteiger partial charge in [0.15, 0.2) is 0 Å². The average Bonchev–Trinajstić information content (AvgIpc) is 2.61. The molecule has 0 radical (unpaired) electrons. The van der Waals surface area contributed by atoms with E-state index in [1.54, 1.807) is 43.3 Å². The van der Waals surface area contributed by atoms with Crippen molar-refractivity contribution in [2.24, 2.45) is 0 Å². The molecular formula is C18H18FNO3S. The van der Waals surface area contributed by atoms with Crippen LogP contribution in [-0.4, -0.2) is 24.2 Å². The number of amides is 1. The van der Waals surface area contributed by atoms with Crippen molar-refractivity contribution in [1.29, 1.82) is 0 Å². The van der Waals surface area contributed by atoms with Crippen molar-refractivity contribution < 1.29 is 18.7 Å². The molecule has 1 N–H and O–H groups in total. The maximum Gasteiger partial charge on any atom is 0.337 e. The highest BCUT2D eigenvalue weighted by atomic mass is 32.2. The van der Waals surface area contributed by atoms with Gasteiger partial charge in [0.25, 0.3) is 0 Å². The van der Waals surface area contributed by atoms with E-state index in [2.05, 4.69) is 10.1 Å². The van der Waals surface area contributed by atoms with Gasteiger partial charge in [-0.15, -0.1) is 11.8 Å². The van der Waals surface area contributed by atoms with E-state index in [0.717, 1.165) is 10.5 Å². The highest BCUT2D eigenvalue weighted by molar-refractivity contribution is 8.00. The summed E-state index contributed by atoms with van der Waals surface area (Å²) in [4.78, 5) is 24.3. The first-order chi connectivity index (χ1) is 11.5. The van der Waals surface area contributed by atoms with Crippen molar-refractivity contribution in [1.82, 2.24) is 5.32 Å². The molecule has 0 bridgehead atoms. The number of benzene rings is 2. The lowest BCUT2D eigenvalue weighted by Gasteiger charge is -2.12. The number of nitrogens with one attached hydrogen (secondary N) is 1. The molecule has 2 rings (SSSR count). The fourth-order valence-corrected chi connectivity index (χ4v) is 2.87. The third-order valence-electron chi connectivity index (χ3n) is 3.34. The van der Waals surface area contributed by atoms with Gasteiger partial charge >= 0.3 is 5.97 Å². The molecule has 1 atom stereocenters. The number of hydrogen-bond acceptors (Lipinski definition) is 4. The molecule has 4 nitrogen and oxygen atoms in total. The van der Waals surface area contributed by atoms with Gasteiger partial charge in [-0.2, -0.15) is 0 Å². The summed E-state index contributed by atoms with van der Waals surface area (Å²) in [6, 6.07) is 12.9. The Morgan fingerprint density at radius 2 is 1.75 bits per heavy atom. The van der Waals surface area contributed by atoms with Gasteiger partial charge < -0.3 is 10.1 Å². The lowest BCUT2D eigenvalue weighted by atomic mass is 10.1. The standard InChI is InChI=1S/C18H18FNO3S/c1-12(24-16-9-7-15(19)8-10-16)17(21)20-11-13-3-5-14(6-4-13)18(22)23-2/h3-10,12H,11H2,1-2H3,(H,20,21). The van der Waals surface area contributed by atoms with E-state index in [4.69, 9.17) is 0 Å². The van der Waals surface area contributed by atoms with E-state index >= 15 is 0 Å². The van der Waals surface area contributed by atoms with Crippen molar-refractivity contribution in [3.05, 3.63) is 65.5 Å². The summed E-state index contributed by atoms with van der Waals surface area (Å²) in [5.41, 5.74) is 1.35. The molecule has 24 heavy (non-hydrogen) atoms. The number of methoxy groups -OCH3 is 1. The van der Waals surface area contributed by atoms with Crippen LogP contribution in [0.25, 0.3) is 0 Å². The summed E-state index contributed by atoms with van der Waals surface area (Å²) in [6.07, 6.45) is 0. The van der Waals surface area contributed by atoms with Crippen LogP contribution in [0.3, 0.4) is 0 Å². The summed E-state index contributed by atoms with van der Waals surface area (Å²) in [5, 5.41) is 2.54. The number of rotatable bonds is 6. The number of thioether (sulfide) groups is 1. The normalized spacial score (nSPS) is 11.6. The quantitative estimate of drug-likeness (QED) is 0.643. The number of esters is 1. The Kier molecular flexibility index (Phi) is 6.37. The maximum atomic E-state index is 12.9. The predicted molar refractivity (Wildman–Crippen MR) is 91.3 cm³/mol. The molecule has 0 heterocycles. The summed E-state index contributed by atoms with van der Waals surface area (Å²) in [6.45, 7) is 2.16. The fourth-order valence-electron chi connectivity index (χ4n) is 1.98. The molecule has 2 aromatic carbocycles. The van der Waals surface area contributed by atoms with Crippen LogP contribution in [-0.2, 0) is 16.1 Å². The van der Waals surface area contributed by atoms with Crippen LogP contribution in [0.2, 0.25) is 0 Å². The third kappa shape index (κ3) is 5.09. The second kappa shape index (κ2) is 8.49. The van der Waals surface area contributed by atoms with E-state index < -0.39 is 5.97 Å². The Bertz CT molecular complexity index is 701. The van der Waals surface area contributed by atoms with Gasteiger partial charge in [0, 0.05) is 11.4 Å². The van der Waals surface area contributed by atoms with Crippen LogP contribution in [0.15, 0.2) is 53.4 Å². The molecule has 126 valence electrons. The van der Waals surface area contributed by atoms with Gasteiger partial charge in [-0.05, 0) is 48.9 Å². The Morgan fingerprint density at radius 1 is 1.12 bits per heavy atom. The van der Waals surface area contributed by atoms with Crippen LogP contribution in [0, 0.1) is 5.82 Å². The molecule has 2 aromatic rings. The number of halogens is 1. The summed E-state index contributed by atoms with van der Waals surface area (Å²) < 4.78 is 17.5. The molecule has 0 saturated heterocycles. The first-order valence-corrected chi connectivity index (χ1v) is 8.24. The van der Waals surface area contributed by atoms with E-state index in [1.165, 1.54) is 31.0 Å². The van der Waals surface area contributed by atoms with Gasteiger partial charge in [-0.1, -0.05) is 12.1 Å². The molecule has 0 spiro atoms. The molecule has 0 fully saturated rings. The molecular weight excluding hydrogens is 329 g/mol.